The summed E-state index contributed by atoms with van der Waals surface area (Å²) < 4.78 is 11.6. The molecule has 2 aliphatic heterocycles. The lowest BCUT2D eigenvalue weighted by atomic mass is 9.84. The second-order valence-electron chi connectivity index (χ2n) is 4.33. The van der Waals surface area contributed by atoms with E-state index in [0.717, 1.165) is 52.3 Å². The van der Waals surface area contributed by atoms with Gasteiger partial charge in [-0.3, -0.25) is 0 Å². The molecule has 15 heavy (non-hydrogen) atoms. The molecule has 0 aromatic rings. The van der Waals surface area contributed by atoms with Crippen LogP contribution in [0.2, 0.25) is 0 Å². The third-order valence-electron chi connectivity index (χ3n) is 3.46. The topological polar surface area (TPSA) is 42.5 Å². The SMILES string of the molecule is CCOCC1NCCOC12CCNCC2. The van der Waals surface area contributed by atoms with Crippen LogP contribution in [0.5, 0.6) is 0 Å². The largest absolute Gasteiger partial charge is 0.380 e. The van der Waals surface area contributed by atoms with Crippen LogP contribution < -0.4 is 10.6 Å². The van der Waals surface area contributed by atoms with E-state index in [0.29, 0.717) is 6.04 Å². The molecule has 0 aliphatic carbocycles. The molecule has 2 aliphatic rings. The molecule has 2 N–H and O–H groups in total. The summed E-state index contributed by atoms with van der Waals surface area (Å²) in [6, 6.07) is 0.369. The molecule has 2 saturated heterocycles. The fourth-order valence-electron chi connectivity index (χ4n) is 2.56. The molecular formula is C11H22N2O2. The van der Waals surface area contributed by atoms with Crippen LogP contribution in [0.4, 0.5) is 0 Å². The molecule has 4 nitrogen and oxygen atoms in total. The van der Waals surface area contributed by atoms with Crippen LogP contribution in [-0.4, -0.2) is 51.1 Å². The van der Waals surface area contributed by atoms with Crippen molar-refractivity contribution in [3.8, 4) is 0 Å². The van der Waals surface area contributed by atoms with Gasteiger partial charge in [-0.25, -0.2) is 0 Å². The molecule has 2 fully saturated rings. The molecule has 0 aromatic heterocycles. The summed E-state index contributed by atoms with van der Waals surface area (Å²) in [6.07, 6.45) is 2.19. The maximum Gasteiger partial charge on any atom is 0.0882 e. The summed E-state index contributed by atoms with van der Waals surface area (Å²) >= 11 is 0. The van der Waals surface area contributed by atoms with Gasteiger partial charge < -0.3 is 20.1 Å². The predicted molar refractivity (Wildman–Crippen MR) is 59.1 cm³/mol. The van der Waals surface area contributed by atoms with E-state index >= 15 is 0 Å². The molecule has 88 valence electrons. The normalized spacial score (nSPS) is 30.6. The fourth-order valence-corrected chi connectivity index (χ4v) is 2.56. The van der Waals surface area contributed by atoms with E-state index in [4.69, 9.17) is 9.47 Å². The molecule has 0 saturated carbocycles. The zero-order chi connectivity index (χ0) is 10.6. The quantitative estimate of drug-likeness (QED) is 0.701. The standard InChI is InChI=1S/C11H22N2O2/c1-2-14-9-10-11(15-8-7-13-10)3-5-12-6-4-11/h10,12-13H,2-9H2,1H3. The molecule has 1 spiro atoms. The van der Waals surface area contributed by atoms with Crippen molar-refractivity contribution in [2.24, 2.45) is 0 Å². The van der Waals surface area contributed by atoms with Crippen LogP contribution in [0.3, 0.4) is 0 Å². The van der Waals surface area contributed by atoms with Gasteiger partial charge in [0.2, 0.25) is 0 Å². The van der Waals surface area contributed by atoms with Gasteiger partial charge in [-0.1, -0.05) is 0 Å². The molecule has 2 rings (SSSR count). The first kappa shape index (κ1) is 11.3. The first-order chi connectivity index (χ1) is 7.37. The van der Waals surface area contributed by atoms with Gasteiger partial charge in [-0.05, 0) is 32.9 Å². The Morgan fingerprint density at radius 3 is 2.87 bits per heavy atom. The maximum atomic E-state index is 6.03. The van der Waals surface area contributed by atoms with Gasteiger partial charge in [-0.2, -0.15) is 0 Å². The summed E-state index contributed by atoms with van der Waals surface area (Å²) in [5, 5.41) is 6.92. The van der Waals surface area contributed by atoms with Crippen LogP contribution in [0.25, 0.3) is 0 Å². The first-order valence-corrected chi connectivity index (χ1v) is 6.03. The highest BCUT2D eigenvalue weighted by molar-refractivity contribution is 4.98. The minimum Gasteiger partial charge on any atom is -0.380 e. The molecule has 1 atom stereocenters. The van der Waals surface area contributed by atoms with Crippen molar-refractivity contribution in [2.45, 2.75) is 31.4 Å². The second-order valence-corrected chi connectivity index (χ2v) is 4.33. The Labute approximate surface area is 91.7 Å². The molecule has 2 heterocycles. The third kappa shape index (κ3) is 2.50. The van der Waals surface area contributed by atoms with Gasteiger partial charge in [0.1, 0.15) is 0 Å². The number of hydrogen-bond acceptors (Lipinski definition) is 4. The van der Waals surface area contributed by atoms with E-state index in [1.54, 1.807) is 0 Å². The Kier molecular flexibility index (Phi) is 3.97. The summed E-state index contributed by atoms with van der Waals surface area (Å²) in [7, 11) is 0. The Bertz CT molecular complexity index is 185. The van der Waals surface area contributed by atoms with Crippen molar-refractivity contribution < 1.29 is 9.47 Å². The van der Waals surface area contributed by atoms with E-state index in [-0.39, 0.29) is 5.60 Å². The number of rotatable bonds is 3. The number of morpholine rings is 1. The molecule has 0 radical (unpaired) electrons. The zero-order valence-electron chi connectivity index (χ0n) is 9.55. The number of piperidine rings is 1. The average molecular weight is 214 g/mol. The number of nitrogens with one attached hydrogen (secondary N) is 2. The lowest BCUT2D eigenvalue weighted by molar-refractivity contribution is -0.127. The Morgan fingerprint density at radius 1 is 1.33 bits per heavy atom. The van der Waals surface area contributed by atoms with E-state index in [9.17, 15) is 0 Å². The predicted octanol–water partition coefficient (Wildman–Crippen LogP) is 0.134. The van der Waals surface area contributed by atoms with Gasteiger partial charge in [0.25, 0.3) is 0 Å². The molecule has 0 aromatic carbocycles. The van der Waals surface area contributed by atoms with Crippen molar-refractivity contribution in [3.63, 3.8) is 0 Å². The summed E-state index contributed by atoms with van der Waals surface area (Å²) in [5.41, 5.74) is 0.0265. The lowest BCUT2D eigenvalue weighted by Gasteiger charge is -2.46. The van der Waals surface area contributed by atoms with E-state index in [1.165, 1.54) is 0 Å². The van der Waals surface area contributed by atoms with Gasteiger partial charge in [0.05, 0.1) is 24.9 Å². The number of hydrogen-bond donors (Lipinski definition) is 2. The van der Waals surface area contributed by atoms with Crippen LogP contribution in [0, 0.1) is 0 Å². The summed E-state index contributed by atoms with van der Waals surface area (Å²) in [6.45, 7) is 7.51. The molecule has 4 heteroatoms. The highest BCUT2D eigenvalue weighted by atomic mass is 16.5. The Hall–Kier alpha value is -0.160. The van der Waals surface area contributed by atoms with Crippen molar-refractivity contribution in [3.05, 3.63) is 0 Å². The van der Waals surface area contributed by atoms with Gasteiger partial charge in [-0.15, -0.1) is 0 Å². The average Bonchev–Trinajstić information content (AvgIpc) is 2.29. The van der Waals surface area contributed by atoms with Crippen molar-refractivity contribution in [1.82, 2.24) is 10.6 Å². The molecule has 0 bridgehead atoms. The van der Waals surface area contributed by atoms with E-state index < -0.39 is 0 Å². The summed E-state index contributed by atoms with van der Waals surface area (Å²) in [5.74, 6) is 0. The lowest BCUT2D eigenvalue weighted by Crippen LogP contribution is -2.63. The fraction of sp³-hybridized carbons (Fsp3) is 1.00. The van der Waals surface area contributed by atoms with Gasteiger partial charge in [0.15, 0.2) is 0 Å². The van der Waals surface area contributed by atoms with E-state index in [2.05, 4.69) is 10.6 Å². The first-order valence-electron chi connectivity index (χ1n) is 6.03. The minimum absolute atomic E-state index is 0.0265. The van der Waals surface area contributed by atoms with Crippen molar-refractivity contribution >= 4 is 0 Å². The van der Waals surface area contributed by atoms with Gasteiger partial charge >= 0.3 is 0 Å². The smallest absolute Gasteiger partial charge is 0.0882 e. The van der Waals surface area contributed by atoms with Gasteiger partial charge in [0, 0.05) is 13.2 Å². The molecular weight excluding hydrogens is 192 g/mol. The second kappa shape index (κ2) is 5.25. The Morgan fingerprint density at radius 2 is 2.13 bits per heavy atom. The highest BCUT2D eigenvalue weighted by Gasteiger charge is 2.42. The van der Waals surface area contributed by atoms with E-state index in [1.807, 2.05) is 6.92 Å². The number of ether oxygens (including phenoxy) is 2. The van der Waals surface area contributed by atoms with Crippen molar-refractivity contribution in [2.75, 3.05) is 39.5 Å². The third-order valence-corrected chi connectivity index (χ3v) is 3.46. The van der Waals surface area contributed by atoms with Crippen LogP contribution in [0.1, 0.15) is 19.8 Å². The molecule has 0 amide bonds. The molecule has 1 unspecified atom stereocenters. The Balaban J connectivity index is 1.97. The van der Waals surface area contributed by atoms with Crippen LogP contribution >= 0.6 is 0 Å². The minimum atomic E-state index is 0.0265. The monoisotopic (exact) mass is 214 g/mol. The zero-order valence-corrected chi connectivity index (χ0v) is 9.55. The maximum absolute atomic E-state index is 6.03. The van der Waals surface area contributed by atoms with Crippen molar-refractivity contribution in [1.29, 1.82) is 0 Å². The van der Waals surface area contributed by atoms with Crippen LogP contribution in [-0.2, 0) is 9.47 Å². The highest BCUT2D eigenvalue weighted by Crippen LogP contribution is 2.29. The summed E-state index contributed by atoms with van der Waals surface area (Å²) in [4.78, 5) is 0. The van der Waals surface area contributed by atoms with Crippen LogP contribution in [0.15, 0.2) is 0 Å².